The lowest BCUT2D eigenvalue weighted by Crippen LogP contribution is -2.55. The number of piperidine rings is 1. The Morgan fingerprint density at radius 2 is 1.83 bits per heavy atom. The maximum absolute atomic E-state index is 12.4. The monoisotopic (exact) mass is 412 g/mol. The van der Waals surface area contributed by atoms with Crippen molar-refractivity contribution in [1.29, 1.82) is 0 Å². The van der Waals surface area contributed by atoms with Gasteiger partial charge >= 0.3 is 6.03 Å². The van der Waals surface area contributed by atoms with Crippen LogP contribution in [0.5, 0.6) is 0 Å². The molecule has 0 radical (unpaired) electrons. The molecule has 1 aliphatic rings. The van der Waals surface area contributed by atoms with E-state index in [-0.39, 0.29) is 23.2 Å². The molecule has 0 saturated carbocycles. The molecule has 1 aromatic carbocycles. The zero-order valence-corrected chi connectivity index (χ0v) is 18.0. The summed E-state index contributed by atoms with van der Waals surface area (Å²) in [7, 11) is 0. The third-order valence-corrected chi connectivity index (χ3v) is 5.78. The van der Waals surface area contributed by atoms with Gasteiger partial charge in [-0.1, -0.05) is 13.3 Å². The van der Waals surface area contributed by atoms with Crippen LogP contribution in [0.3, 0.4) is 0 Å². The van der Waals surface area contributed by atoms with Crippen LogP contribution in [0.2, 0.25) is 0 Å². The molecule has 2 aromatic rings. The summed E-state index contributed by atoms with van der Waals surface area (Å²) in [5, 5.41) is 8.59. The van der Waals surface area contributed by atoms with Crippen LogP contribution in [-0.4, -0.2) is 42.0 Å². The number of nitrogens with zero attached hydrogens (tertiary/aromatic N) is 1. The molecule has 0 spiro atoms. The number of furan rings is 1. The van der Waals surface area contributed by atoms with E-state index in [2.05, 4.69) is 41.6 Å². The summed E-state index contributed by atoms with van der Waals surface area (Å²) >= 11 is 0. The first-order valence-corrected chi connectivity index (χ1v) is 10.6. The average Bonchev–Trinajstić information content (AvgIpc) is 3.29. The Kier molecular flexibility index (Phi) is 7.15. The molecule has 30 heavy (non-hydrogen) atoms. The van der Waals surface area contributed by atoms with Gasteiger partial charge in [0.15, 0.2) is 5.76 Å². The smallest absolute Gasteiger partial charge is 0.319 e. The Morgan fingerprint density at radius 3 is 2.47 bits per heavy atom. The van der Waals surface area contributed by atoms with Gasteiger partial charge in [0.25, 0.3) is 5.91 Å². The van der Waals surface area contributed by atoms with Crippen LogP contribution in [0.15, 0.2) is 47.1 Å². The van der Waals surface area contributed by atoms with E-state index in [1.54, 1.807) is 36.4 Å². The lowest BCUT2D eigenvalue weighted by Gasteiger charge is -2.43. The number of hydrogen-bond acceptors (Lipinski definition) is 4. The molecule has 3 rings (SSSR count). The second kappa shape index (κ2) is 9.80. The molecule has 7 nitrogen and oxygen atoms in total. The van der Waals surface area contributed by atoms with Crippen molar-refractivity contribution in [3.05, 3.63) is 48.4 Å². The number of rotatable bonds is 7. The van der Waals surface area contributed by atoms with Crippen LogP contribution in [0.4, 0.5) is 16.2 Å². The topological polar surface area (TPSA) is 86.6 Å². The fourth-order valence-corrected chi connectivity index (χ4v) is 3.77. The molecule has 1 fully saturated rings. The van der Waals surface area contributed by atoms with Crippen LogP contribution in [0, 0.1) is 5.92 Å². The number of anilines is 2. The summed E-state index contributed by atoms with van der Waals surface area (Å²) in [6.45, 7) is 9.37. The van der Waals surface area contributed by atoms with E-state index in [1.165, 1.54) is 25.5 Å². The molecule has 3 N–H and O–H groups in total. The molecule has 162 valence electrons. The summed E-state index contributed by atoms with van der Waals surface area (Å²) < 4.78 is 5.07. The number of carbonyl (C=O) groups is 2. The predicted molar refractivity (Wildman–Crippen MR) is 119 cm³/mol. The van der Waals surface area contributed by atoms with E-state index in [1.807, 2.05) is 0 Å². The largest absolute Gasteiger partial charge is 0.459 e. The van der Waals surface area contributed by atoms with E-state index in [0.29, 0.717) is 17.9 Å². The fourth-order valence-electron chi connectivity index (χ4n) is 3.77. The Hall–Kier alpha value is -2.80. The highest BCUT2D eigenvalue weighted by Crippen LogP contribution is 2.25. The fraction of sp³-hybridized carbons (Fsp3) is 0.478. The number of urea groups is 1. The van der Waals surface area contributed by atoms with Gasteiger partial charge in [-0.25, -0.2) is 4.79 Å². The van der Waals surface area contributed by atoms with Crippen LogP contribution in [0.25, 0.3) is 0 Å². The minimum Gasteiger partial charge on any atom is -0.459 e. The maximum atomic E-state index is 12.4. The predicted octanol–water partition coefficient (Wildman–Crippen LogP) is 4.55. The van der Waals surface area contributed by atoms with Gasteiger partial charge in [-0.05, 0) is 75.5 Å². The van der Waals surface area contributed by atoms with Crippen LogP contribution >= 0.6 is 0 Å². The van der Waals surface area contributed by atoms with Crippen molar-refractivity contribution < 1.29 is 14.0 Å². The lowest BCUT2D eigenvalue weighted by molar-refractivity contribution is 0.0669. The Bertz CT molecular complexity index is 831. The van der Waals surface area contributed by atoms with E-state index < -0.39 is 0 Å². The first kappa shape index (κ1) is 21.9. The van der Waals surface area contributed by atoms with E-state index in [0.717, 1.165) is 19.0 Å². The molecule has 0 bridgehead atoms. The zero-order valence-electron chi connectivity index (χ0n) is 18.0. The normalized spacial score (nSPS) is 17.4. The van der Waals surface area contributed by atoms with Crippen LogP contribution in [-0.2, 0) is 0 Å². The Labute approximate surface area is 178 Å². The van der Waals surface area contributed by atoms with Crippen LogP contribution in [0.1, 0.15) is 50.6 Å². The highest BCUT2D eigenvalue weighted by Gasteiger charge is 2.31. The first-order valence-electron chi connectivity index (χ1n) is 10.6. The summed E-state index contributed by atoms with van der Waals surface area (Å²) in [6, 6.07) is 9.99. The summed E-state index contributed by atoms with van der Waals surface area (Å²) in [5.41, 5.74) is 1.19. The molecule has 1 saturated heterocycles. The van der Waals surface area contributed by atoms with Gasteiger partial charge in [0.2, 0.25) is 0 Å². The third kappa shape index (κ3) is 5.86. The minimum absolute atomic E-state index is 0.0921. The molecule has 7 heteroatoms. The number of likely N-dealkylation sites (tertiary alicyclic amines) is 1. The first-order chi connectivity index (χ1) is 14.4. The highest BCUT2D eigenvalue weighted by atomic mass is 16.3. The van der Waals surface area contributed by atoms with Crippen molar-refractivity contribution >= 4 is 23.3 Å². The van der Waals surface area contributed by atoms with Gasteiger partial charge in [0, 0.05) is 30.0 Å². The second-order valence-electron chi connectivity index (χ2n) is 8.49. The van der Waals surface area contributed by atoms with Crippen LogP contribution < -0.4 is 16.0 Å². The van der Waals surface area contributed by atoms with Crippen molar-refractivity contribution in [2.45, 2.75) is 45.6 Å². The van der Waals surface area contributed by atoms with Gasteiger partial charge in [0.1, 0.15) is 0 Å². The quantitative estimate of drug-likeness (QED) is 0.622. The summed E-state index contributed by atoms with van der Waals surface area (Å²) in [5.74, 6) is 0.681. The molecule has 0 aliphatic carbocycles. The van der Waals surface area contributed by atoms with Crippen molar-refractivity contribution in [1.82, 2.24) is 10.2 Å². The van der Waals surface area contributed by atoms with Gasteiger partial charge in [-0.2, -0.15) is 0 Å². The third-order valence-electron chi connectivity index (χ3n) is 5.78. The summed E-state index contributed by atoms with van der Waals surface area (Å²) in [6.07, 6.45) is 5.18. The molecule has 3 amide bonds. The molecular formula is C23H32N4O3. The lowest BCUT2D eigenvalue weighted by atomic mass is 9.91. The number of hydrogen-bond donors (Lipinski definition) is 3. The molecule has 0 unspecified atom stereocenters. The SMILES string of the molecule is CC[C@H]1CCCN(C(C)(C)CNC(=O)Nc2ccc(NC(=O)c3ccco3)cc2)C1. The number of carbonyl (C=O) groups excluding carboxylic acids is 2. The van der Waals surface area contributed by atoms with Gasteiger partial charge in [-0.3, -0.25) is 9.69 Å². The number of nitrogens with one attached hydrogen (secondary N) is 3. The van der Waals surface area contributed by atoms with E-state index in [4.69, 9.17) is 4.42 Å². The number of benzene rings is 1. The standard InChI is InChI=1S/C23H32N4O3/c1-4-17-7-5-13-27(15-17)23(2,3)16-24-22(29)26-19-11-9-18(10-12-19)25-21(28)20-8-6-14-30-20/h6,8-12,14,17H,4-5,7,13,15-16H2,1-3H3,(H,25,28)(H2,24,26,29)/t17-/m0/s1. The molecule has 1 aliphatic heterocycles. The average molecular weight is 413 g/mol. The van der Waals surface area contributed by atoms with Crippen molar-refractivity contribution in [2.75, 3.05) is 30.3 Å². The van der Waals surface area contributed by atoms with Gasteiger partial charge in [-0.15, -0.1) is 0 Å². The minimum atomic E-state index is -0.316. The second-order valence-corrected chi connectivity index (χ2v) is 8.49. The maximum Gasteiger partial charge on any atom is 0.319 e. The van der Waals surface area contributed by atoms with Crippen molar-refractivity contribution in [2.24, 2.45) is 5.92 Å². The Morgan fingerprint density at radius 1 is 1.13 bits per heavy atom. The van der Waals surface area contributed by atoms with E-state index in [9.17, 15) is 9.59 Å². The molecule has 2 heterocycles. The van der Waals surface area contributed by atoms with Gasteiger partial charge in [0.05, 0.1) is 6.26 Å². The molecular weight excluding hydrogens is 380 g/mol. The molecule has 1 aromatic heterocycles. The zero-order chi connectivity index (χ0) is 21.6. The van der Waals surface area contributed by atoms with E-state index >= 15 is 0 Å². The van der Waals surface area contributed by atoms with Gasteiger partial charge < -0.3 is 20.4 Å². The molecule has 1 atom stereocenters. The summed E-state index contributed by atoms with van der Waals surface area (Å²) in [4.78, 5) is 26.8. The Balaban J connectivity index is 1.47. The highest BCUT2D eigenvalue weighted by molar-refractivity contribution is 6.02. The number of amides is 3. The van der Waals surface area contributed by atoms with Crippen molar-refractivity contribution in [3.63, 3.8) is 0 Å². The van der Waals surface area contributed by atoms with Crippen molar-refractivity contribution in [3.8, 4) is 0 Å².